The topological polar surface area (TPSA) is 83.3 Å². The third-order valence-corrected chi connectivity index (χ3v) is 8.89. The zero-order valence-corrected chi connectivity index (χ0v) is 34.1. The Morgan fingerprint density at radius 1 is 0.574 bits per heavy atom. The Hall–Kier alpha value is -5.83. The molecule has 4 aromatic carbocycles. The molecule has 1 radical (unpaired) electrons. The van der Waals surface area contributed by atoms with Gasteiger partial charge in [0, 0.05) is 37.7 Å². The van der Waals surface area contributed by atoms with Gasteiger partial charge < -0.3 is 14.2 Å². The van der Waals surface area contributed by atoms with Crippen LogP contribution in [-0.4, -0.2) is 29.6 Å². The van der Waals surface area contributed by atoms with Crippen LogP contribution in [0, 0.1) is 80.2 Å². The summed E-state index contributed by atoms with van der Waals surface area (Å²) >= 11 is 0. The maximum absolute atomic E-state index is 4.02. The molecule has 0 unspecified atom stereocenters. The molecule has 0 amide bonds. The van der Waals surface area contributed by atoms with Crippen LogP contribution >= 0.6 is 0 Å². The molecule has 0 aliphatic heterocycles. The standard InChI is InChI=1S/2C19H19N2.C6H4N5.Ir/c2*1-14-7-5-9-18(11-14)20-13-21(17(4)16(20)3)19-10-6-8-15(2)12-19;1-2-4-7-5(3-1)6-8-10-11-9-6;/h2*5-9,11-12H,1-4H3;1-4H;/q3*-1;. The summed E-state index contributed by atoms with van der Waals surface area (Å²) in [4.78, 5) is 4.02. The van der Waals surface area contributed by atoms with Crippen molar-refractivity contribution >= 4 is 0 Å². The number of aromatic nitrogens is 9. The minimum Gasteiger partial charge on any atom is -0.329 e. The molecule has 54 heavy (non-hydrogen) atoms. The minimum absolute atomic E-state index is 0. The van der Waals surface area contributed by atoms with Gasteiger partial charge in [-0.05, 0) is 89.3 Å². The summed E-state index contributed by atoms with van der Waals surface area (Å²) in [6.45, 7) is 16.9. The predicted octanol–water partition coefficient (Wildman–Crippen LogP) is 7.06. The molecule has 10 heteroatoms. The summed E-state index contributed by atoms with van der Waals surface area (Å²) < 4.78 is 8.37. The third-order valence-electron chi connectivity index (χ3n) is 8.89. The van der Waals surface area contributed by atoms with Crippen molar-refractivity contribution in [3.63, 3.8) is 0 Å². The molecule has 0 aliphatic rings. The molecule has 0 saturated carbocycles. The maximum Gasteiger partial charge on any atom is 0.267 e. The smallest absolute Gasteiger partial charge is 0.267 e. The number of benzene rings is 4. The number of rotatable bonds is 5. The van der Waals surface area contributed by atoms with E-state index < -0.39 is 0 Å². The molecule has 0 atom stereocenters. The number of hydrogen-bond acceptors (Lipinski definition) is 4. The molecule has 0 N–H and O–H groups in total. The second-order valence-electron chi connectivity index (χ2n) is 13.0. The van der Waals surface area contributed by atoms with E-state index in [4.69, 9.17) is 0 Å². The fraction of sp³-hybridized carbons (Fsp3) is 0.182. The Morgan fingerprint density at radius 3 is 1.48 bits per heavy atom. The van der Waals surface area contributed by atoms with Gasteiger partial charge in [0.2, 0.25) is 0 Å². The van der Waals surface area contributed by atoms with Crippen molar-refractivity contribution < 1.29 is 29.2 Å². The van der Waals surface area contributed by atoms with Gasteiger partial charge in [-0.25, -0.2) is 0 Å². The van der Waals surface area contributed by atoms with Crippen molar-refractivity contribution in [3.05, 3.63) is 179 Å². The van der Waals surface area contributed by atoms with Crippen molar-refractivity contribution in [1.82, 2.24) is 34.7 Å². The summed E-state index contributed by atoms with van der Waals surface area (Å²) in [5, 5.41) is 14.0. The first-order valence-electron chi connectivity index (χ1n) is 17.4. The molecule has 0 aliphatic carbocycles. The predicted molar refractivity (Wildman–Crippen MR) is 204 cm³/mol. The van der Waals surface area contributed by atoms with E-state index in [0.717, 1.165) is 22.7 Å². The number of imidazole rings is 2. The molecule has 8 aromatic rings. The van der Waals surface area contributed by atoms with Gasteiger partial charge in [-0.15, -0.1) is 0 Å². The largest absolute Gasteiger partial charge is 0.329 e. The second-order valence-corrected chi connectivity index (χ2v) is 13.0. The maximum atomic E-state index is 4.02. The summed E-state index contributed by atoms with van der Waals surface area (Å²) in [6.07, 6.45) is 8.55. The van der Waals surface area contributed by atoms with Gasteiger partial charge in [-0.1, -0.05) is 55.3 Å². The average molecular weight is 889 g/mol. The first-order valence-corrected chi connectivity index (χ1v) is 17.4. The second kappa shape index (κ2) is 17.8. The van der Waals surface area contributed by atoms with Gasteiger partial charge in [0.25, 0.3) is 12.7 Å². The fourth-order valence-electron chi connectivity index (χ4n) is 5.78. The van der Waals surface area contributed by atoms with E-state index in [2.05, 4.69) is 197 Å². The zero-order chi connectivity index (χ0) is 37.5. The van der Waals surface area contributed by atoms with Gasteiger partial charge >= 0.3 is 0 Å². The Kier molecular flexibility index (Phi) is 13.0. The van der Waals surface area contributed by atoms with Crippen LogP contribution in [0.15, 0.2) is 109 Å². The molecular weight excluding hydrogens is 847 g/mol. The number of tetrazole rings is 1. The number of pyridine rings is 1. The molecule has 8 rings (SSSR count). The molecule has 4 heterocycles. The molecule has 275 valence electrons. The Labute approximate surface area is 331 Å². The van der Waals surface area contributed by atoms with E-state index in [1.807, 2.05) is 24.3 Å². The van der Waals surface area contributed by atoms with Crippen LogP contribution in [0.25, 0.3) is 34.3 Å². The Balaban J connectivity index is 0.000000162. The summed E-state index contributed by atoms with van der Waals surface area (Å²) in [5.41, 5.74) is 14.7. The summed E-state index contributed by atoms with van der Waals surface area (Å²) in [6, 6.07) is 41.3. The van der Waals surface area contributed by atoms with Crippen LogP contribution in [0.1, 0.15) is 45.0 Å². The monoisotopic (exact) mass is 889 g/mol. The number of aryl methyl sites for hydroxylation is 4. The third kappa shape index (κ3) is 9.20. The van der Waals surface area contributed by atoms with Crippen molar-refractivity contribution in [1.29, 1.82) is 0 Å². The molecule has 0 spiro atoms. The van der Waals surface area contributed by atoms with Crippen LogP contribution in [-0.2, 0) is 20.1 Å². The molecule has 9 nitrogen and oxygen atoms in total. The van der Waals surface area contributed by atoms with Crippen LogP contribution in [0.4, 0.5) is 0 Å². The van der Waals surface area contributed by atoms with E-state index in [1.165, 1.54) is 45.0 Å². The normalized spacial score (nSPS) is 10.4. The van der Waals surface area contributed by atoms with E-state index in [9.17, 15) is 0 Å². The summed E-state index contributed by atoms with van der Waals surface area (Å²) in [7, 11) is 0. The quantitative estimate of drug-likeness (QED) is 0.137. The molecule has 4 aromatic heterocycles. The Morgan fingerprint density at radius 2 is 1.07 bits per heavy atom. The van der Waals surface area contributed by atoms with Crippen molar-refractivity contribution in [2.24, 2.45) is 0 Å². The number of hydrogen-bond donors (Lipinski definition) is 0. The van der Waals surface area contributed by atoms with Crippen molar-refractivity contribution in [2.75, 3.05) is 0 Å². The SMILES string of the molecule is Cc1cc[c-]c(-n2[c-][n+](-c3cccc(C)c3)c(C)c2C)c1.Cc1cc[c-]c(-n2[c-][n+](-c3cccc(C)c3)c(C)c2C)c1.[Ir].c1ccc(-c2nnn[n-]2)nc1. The van der Waals surface area contributed by atoms with E-state index in [-0.39, 0.29) is 20.1 Å². The molecule has 0 saturated heterocycles. The Bertz CT molecular complexity index is 2180. The van der Waals surface area contributed by atoms with Gasteiger partial charge in [-0.3, -0.25) is 24.4 Å². The first kappa shape index (κ1) is 39.4. The molecule has 0 fully saturated rings. The first-order chi connectivity index (χ1) is 25.6. The van der Waals surface area contributed by atoms with Crippen LogP contribution in [0.5, 0.6) is 0 Å². The molecule has 0 bridgehead atoms. The van der Waals surface area contributed by atoms with Crippen LogP contribution < -0.4 is 14.2 Å². The van der Waals surface area contributed by atoms with Crippen LogP contribution in [0.2, 0.25) is 0 Å². The van der Waals surface area contributed by atoms with Gasteiger partial charge in [-0.2, -0.15) is 64.9 Å². The van der Waals surface area contributed by atoms with E-state index in [1.54, 1.807) is 12.3 Å². The minimum atomic E-state index is 0. The van der Waals surface area contributed by atoms with Crippen molar-refractivity contribution in [3.8, 4) is 34.3 Å². The number of nitrogens with zero attached hydrogens (tertiary/aromatic N) is 9. The summed E-state index contributed by atoms with van der Waals surface area (Å²) in [5.74, 6) is 0.464. The van der Waals surface area contributed by atoms with E-state index in [0.29, 0.717) is 11.5 Å². The average Bonchev–Trinajstić information content (AvgIpc) is 3.88. The van der Waals surface area contributed by atoms with E-state index >= 15 is 0 Å². The van der Waals surface area contributed by atoms with Crippen molar-refractivity contribution in [2.45, 2.75) is 55.4 Å². The van der Waals surface area contributed by atoms with Gasteiger partial charge in [0.15, 0.2) is 0 Å². The molecular formula is C44H42IrN9-3. The van der Waals surface area contributed by atoms with Gasteiger partial charge in [0.1, 0.15) is 0 Å². The fourth-order valence-corrected chi connectivity index (χ4v) is 5.78. The van der Waals surface area contributed by atoms with Crippen LogP contribution in [0.3, 0.4) is 0 Å². The van der Waals surface area contributed by atoms with Gasteiger partial charge in [0.05, 0.1) is 34.3 Å². The zero-order valence-electron chi connectivity index (χ0n) is 31.8.